The van der Waals surface area contributed by atoms with Crippen LogP contribution in [0.5, 0.6) is 0 Å². The number of esters is 2. The van der Waals surface area contributed by atoms with Gasteiger partial charge >= 0.3 is 11.9 Å². The Balaban J connectivity index is 1.63. The maximum Gasteiger partial charge on any atom is 0.354 e. The van der Waals surface area contributed by atoms with E-state index in [2.05, 4.69) is 10.1 Å². The second-order valence-corrected chi connectivity index (χ2v) is 7.15. The van der Waals surface area contributed by atoms with Crippen molar-refractivity contribution in [1.82, 2.24) is 4.98 Å². The van der Waals surface area contributed by atoms with Gasteiger partial charge in [0.25, 0.3) is 0 Å². The maximum absolute atomic E-state index is 13.4. The Hall–Kier alpha value is -4.00. The van der Waals surface area contributed by atoms with E-state index in [1.807, 2.05) is 72.8 Å². The first-order chi connectivity index (χ1) is 15.7. The number of carbonyl (C=O) groups excluding carboxylic acids is 2. The third kappa shape index (κ3) is 4.67. The molecule has 0 aliphatic carbocycles. The van der Waals surface area contributed by atoms with Crippen LogP contribution in [0.15, 0.2) is 90.2 Å². The van der Waals surface area contributed by atoms with Crippen LogP contribution in [0.2, 0.25) is 0 Å². The standard InChI is InChI=1S/C25H23N3O4/c1-2-31-24(29)21-17-22(28(27-21)19-13-7-4-8-14-19)25(30)32-23(18-11-5-3-6-12-18)20-15-9-10-16-26-20/h3-16,22-23H,2,17H2,1H3. The molecule has 1 aromatic heterocycles. The molecule has 2 heterocycles. The Bertz CT molecular complexity index is 1050. The molecule has 0 amide bonds. The van der Waals surface area contributed by atoms with Crippen LogP contribution in [-0.4, -0.2) is 35.3 Å². The zero-order valence-corrected chi connectivity index (χ0v) is 17.6. The second-order valence-electron chi connectivity index (χ2n) is 7.15. The minimum Gasteiger partial charge on any atom is -0.461 e. The van der Waals surface area contributed by atoms with E-state index in [0.29, 0.717) is 11.4 Å². The third-order valence-corrected chi connectivity index (χ3v) is 5.01. The number of hydrazone groups is 1. The van der Waals surface area contributed by atoms with Gasteiger partial charge in [0.15, 0.2) is 12.1 Å². The molecule has 2 atom stereocenters. The van der Waals surface area contributed by atoms with Crippen molar-refractivity contribution >= 4 is 23.3 Å². The van der Waals surface area contributed by atoms with Gasteiger partial charge in [-0.2, -0.15) is 5.10 Å². The Morgan fingerprint density at radius 3 is 2.34 bits per heavy atom. The van der Waals surface area contributed by atoms with Gasteiger partial charge in [0.05, 0.1) is 18.0 Å². The average Bonchev–Trinajstić information content (AvgIpc) is 3.30. The van der Waals surface area contributed by atoms with Gasteiger partial charge in [0.1, 0.15) is 5.71 Å². The largest absolute Gasteiger partial charge is 0.461 e. The van der Waals surface area contributed by atoms with Crippen LogP contribution >= 0.6 is 0 Å². The van der Waals surface area contributed by atoms with E-state index in [9.17, 15) is 9.59 Å². The Labute approximate surface area is 186 Å². The molecule has 7 heteroatoms. The SMILES string of the molecule is CCOC(=O)C1=NN(c2ccccc2)C(C(=O)OC(c2ccccc2)c2ccccn2)C1. The summed E-state index contributed by atoms with van der Waals surface area (Å²) in [5.74, 6) is -1.04. The van der Waals surface area contributed by atoms with Crippen molar-refractivity contribution in [3.05, 3.63) is 96.3 Å². The van der Waals surface area contributed by atoms with Crippen molar-refractivity contribution in [3.8, 4) is 0 Å². The van der Waals surface area contributed by atoms with E-state index in [4.69, 9.17) is 9.47 Å². The molecule has 3 aromatic rings. The molecule has 1 aliphatic heterocycles. The highest BCUT2D eigenvalue weighted by Gasteiger charge is 2.39. The van der Waals surface area contributed by atoms with Gasteiger partial charge in [-0.25, -0.2) is 9.59 Å². The maximum atomic E-state index is 13.4. The van der Waals surface area contributed by atoms with Gasteiger partial charge in [-0.1, -0.05) is 54.6 Å². The zero-order chi connectivity index (χ0) is 22.3. The van der Waals surface area contributed by atoms with Gasteiger partial charge in [-0.15, -0.1) is 0 Å². The summed E-state index contributed by atoms with van der Waals surface area (Å²) < 4.78 is 11.1. The minimum atomic E-state index is -0.799. The second kappa shape index (κ2) is 9.87. The molecule has 2 aromatic carbocycles. The van der Waals surface area contributed by atoms with Crippen LogP contribution in [0.3, 0.4) is 0 Å². The van der Waals surface area contributed by atoms with Crippen LogP contribution in [0.1, 0.15) is 30.7 Å². The van der Waals surface area contributed by atoms with Crippen LogP contribution < -0.4 is 5.01 Å². The van der Waals surface area contributed by atoms with E-state index >= 15 is 0 Å². The monoisotopic (exact) mass is 429 g/mol. The summed E-state index contributed by atoms with van der Waals surface area (Å²) in [6.45, 7) is 1.96. The number of benzene rings is 2. The van der Waals surface area contributed by atoms with Crippen molar-refractivity contribution in [1.29, 1.82) is 0 Å². The fourth-order valence-electron chi connectivity index (χ4n) is 3.50. The van der Waals surface area contributed by atoms with Crippen LogP contribution in [0, 0.1) is 0 Å². The summed E-state index contributed by atoms with van der Waals surface area (Å²) in [6, 6.07) is 23.3. The summed E-state index contributed by atoms with van der Waals surface area (Å²) in [6.07, 6.45) is 1.07. The lowest BCUT2D eigenvalue weighted by atomic mass is 10.1. The molecule has 0 N–H and O–H groups in total. The quantitative estimate of drug-likeness (QED) is 0.530. The highest BCUT2D eigenvalue weighted by molar-refractivity contribution is 6.38. The Morgan fingerprint density at radius 1 is 1.00 bits per heavy atom. The lowest BCUT2D eigenvalue weighted by Gasteiger charge is -2.25. The highest BCUT2D eigenvalue weighted by Crippen LogP contribution is 2.30. The predicted octanol–water partition coefficient (Wildman–Crippen LogP) is 3.91. The fourth-order valence-corrected chi connectivity index (χ4v) is 3.50. The molecule has 0 saturated carbocycles. The summed E-state index contributed by atoms with van der Waals surface area (Å²) in [7, 11) is 0. The number of pyridine rings is 1. The number of para-hydroxylation sites is 1. The molecule has 4 rings (SSSR count). The first kappa shape index (κ1) is 21.2. The van der Waals surface area contributed by atoms with Gasteiger partial charge in [0.2, 0.25) is 0 Å². The number of nitrogens with zero attached hydrogens (tertiary/aromatic N) is 3. The number of ether oxygens (including phenoxy) is 2. The van der Waals surface area contributed by atoms with Gasteiger partial charge < -0.3 is 9.47 Å². The number of aromatic nitrogens is 1. The van der Waals surface area contributed by atoms with Crippen molar-refractivity contribution < 1.29 is 19.1 Å². The molecule has 1 aliphatic rings. The lowest BCUT2D eigenvalue weighted by molar-refractivity contribution is -0.149. The molecule has 32 heavy (non-hydrogen) atoms. The smallest absolute Gasteiger partial charge is 0.354 e. The molecule has 0 radical (unpaired) electrons. The Kier molecular flexibility index (Phi) is 6.55. The normalized spacial score (nSPS) is 16.2. The molecule has 0 spiro atoms. The summed E-state index contributed by atoms with van der Waals surface area (Å²) >= 11 is 0. The predicted molar refractivity (Wildman–Crippen MR) is 120 cm³/mol. The summed E-state index contributed by atoms with van der Waals surface area (Å²) in [5, 5.41) is 5.91. The van der Waals surface area contributed by atoms with E-state index in [1.165, 1.54) is 5.01 Å². The van der Waals surface area contributed by atoms with Crippen molar-refractivity contribution in [3.63, 3.8) is 0 Å². The van der Waals surface area contributed by atoms with Crippen molar-refractivity contribution in [2.45, 2.75) is 25.5 Å². The van der Waals surface area contributed by atoms with Gasteiger partial charge in [-0.3, -0.25) is 9.99 Å². The third-order valence-electron chi connectivity index (χ3n) is 5.01. The molecule has 162 valence electrons. The molecular formula is C25H23N3O4. The summed E-state index contributed by atoms with van der Waals surface area (Å²) in [4.78, 5) is 30.1. The number of rotatable bonds is 7. The van der Waals surface area contributed by atoms with E-state index in [1.54, 1.807) is 19.2 Å². The molecular weight excluding hydrogens is 406 g/mol. The number of hydrogen-bond acceptors (Lipinski definition) is 7. The average molecular weight is 429 g/mol. The van der Waals surface area contributed by atoms with Crippen LogP contribution in [0.25, 0.3) is 0 Å². The van der Waals surface area contributed by atoms with E-state index in [0.717, 1.165) is 5.56 Å². The van der Waals surface area contributed by atoms with Crippen LogP contribution in [-0.2, 0) is 19.1 Å². The topological polar surface area (TPSA) is 81.1 Å². The van der Waals surface area contributed by atoms with E-state index in [-0.39, 0.29) is 18.7 Å². The molecule has 2 unspecified atom stereocenters. The number of carbonyl (C=O) groups is 2. The molecule has 0 bridgehead atoms. The molecule has 7 nitrogen and oxygen atoms in total. The van der Waals surface area contributed by atoms with Crippen LogP contribution in [0.4, 0.5) is 5.69 Å². The van der Waals surface area contributed by atoms with Crippen molar-refractivity contribution in [2.24, 2.45) is 5.10 Å². The van der Waals surface area contributed by atoms with Crippen molar-refractivity contribution in [2.75, 3.05) is 11.6 Å². The van der Waals surface area contributed by atoms with Gasteiger partial charge in [-0.05, 0) is 36.8 Å². The Morgan fingerprint density at radius 2 is 1.69 bits per heavy atom. The first-order valence-corrected chi connectivity index (χ1v) is 10.4. The lowest BCUT2D eigenvalue weighted by Crippen LogP contribution is -2.37. The highest BCUT2D eigenvalue weighted by atomic mass is 16.5. The zero-order valence-electron chi connectivity index (χ0n) is 17.6. The van der Waals surface area contributed by atoms with E-state index < -0.39 is 24.1 Å². The minimum absolute atomic E-state index is 0.0935. The van der Waals surface area contributed by atoms with Gasteiger partial charge in [0, 0.05) is 12.6 Å². The first-order valence-electron chi connectivity index (χ1n) is 10.4. The summed E-state index contributed by atoms with van der Waals surface area (Å²) in [5.41, 5.74) is 2.28. The fraction of sp³-hybridized carbons (Fsp3) is 0.200. The number of anilines is 1. The molecule has 0 fully saturated rings. The molecule has 0 saturated heterocycles. The number of hydrogen-bond donors (Lipinski definition) is 0.